The summed E-state index contributed by atoms with van der Waals surface area (Å²) in [4.78, 5) is 13.5. The molecule has 0 saturated heterocycles. The van der Waals surface area contributed by atoms with Gasteiger partial charge in [0.1, 0.15) is 17.3 Å². The number of hydrogen-bond donors (Lipinski definition) is 3. The molecule has 3 N–H and O–H groups in total. The van der Waals surface area contributed by atoms with Gasteiger partial charge in [-0.25, -0.2) is 4.98 Å². The van der Waals surface area contributed by atoms with Gasteiger partial charge >= 0.3 is 0 Å². The summed E-state index contributed by atoms with van der Waals surface area (Å²) in [6, 6.07) is 43.7. The molecule has 5 heteroatoms. The Kier molecular flexibility index (Phi) is 9.49. The van der Waals surface area contributed by atoms with Crippen LogP contribution < -0.4 is 0 Å². The second kappa shape index (κ2) is 14.2. The molecule has 0 bridgehead atoms. The number of aliphatic imine (C=N–C) groups is 1. The van der Waals surface area contributed by atoms with Crippen molar-refractivity contribution in [1.29, 1.82) is 0 Å². The number of benzene rings is 6. The predicted molar refractivity (Wildman–Crippen MR) is 200 cm³/mol. The number of nitrogens with zero attached hydrogens (tertiary/aromatic N) is 2. The molecule has 0 aliphatic carbocycles. The summed E-state index contributed by atoms with van der Waals surface area (Å²) in [7, 11) is 0. The first kappa shape index (κ1) is 32.0. The van der Waals surface area contributed by atoms with Gasteiger partial charge in [-0.2, -0.15) is 0 Å². The topological polar surface area (TPSA) is 81.5 Å². The van der Waals surface area contributed by atoms with Crippen LogP contribution in [0.5, 0.6) is 11.5 Å². The number of fused-ring (bicyclic) bond motifs is 2. The van der Waals surface area contributed by atoms with Crippen molar-refractivity contribution >= 4 is 27.3 Å². The smallest absolute Gasteiger partial charge is 0.138 e. The number of phenolic OH excluding ortho intramolecular Hbond substituents is 2. The molecule has 0 fully saturated rings. The Morgan fingerprint density at radius 3 is 1.46 bits per heavy atom. The zero-order chi connectivity index (χ0) is 33.6. The van der Waals surface area contributed by atoms with Crippen LogP contribution in [0.3, 0.4) is 0 Å². The zero-order valence-corrected chi connectivity index (χ0v) is 27.7. The minimum Gasteiger partial charge on any atom is -0.508 e. The molecule has 6 aromatic carbocycles. The Morgan fingerprint density at radius 1 is 0.542 bits per heavy atom. The molecule has 1 aromatic heterocycles. The van der Waals surface area contributed by atoms with Crippen LogP contribution in [0.1, 0.15) is 37.2 Å². The maximum Gasteiger partial charge on any atom is 0.138 e. The molecular weight excluding hydrogens is 590 g/mol. The summed E-state index contributed by atoms with van der Waals surface area (Å²) in [6.45, 7) is 8.44. The standard InChI is InChI=1S/C31H27N3.2C6H6O/c1-18-17-28(32-19(18)2)26-15-13-22-9-5-7-11-24(22)29(26)30-25-12-8-6-10-23(25)14-16-27(30)31-33-20(3)21(4)34-31;2*7-6-4-2-1-3-5-6/h5-16H,17H2,1-4H3,(H,33,34);2*1-5,7H. The van der Waals surface area contributed by atoms with Gasteiger partial charge in [-0.05, 0) is 90.7 Å². The van der Waals surface area contributed by atoms with Crippen LogP contribution in [0.2, 0.25) is 0 Å². The van der Waals surface area contributed by atoms with E-state index in [0.29, 0.717) is 11.5 Å². The third-order valence-electron chi connectivity index (χ3n) is 8.67. The minimum atomic E-state index is 0.322. The Balaban J connectivity index is 0.000000237. The minimum absolute atomic E-state index is 0.322. The molecule has 5 nitrogen and oxygen atoms in total. The Labute approximate surface area is 281 Å². The number of H-pyrrole nitrogens is 1. The molecule has 0 atom stereocenters. The number of rotatable bonds is 3. The number of nitrogens with one attached hydrogen (secondary N) is 1. The number of aromatic hydroxyl groups is 2. The van der Waals surface area contributed by atoms with Crippen LogP contribution >= 0.6 is 0 Å². The quantitative estimate of drug-likeness (QED) is 0.182. The second-order valence-electron chi connectivity index (χ2n) is 12.0. The van der Waals surface area contributed by atoms with Gasteiger partial charge in [-0.15, -0.1) is 0 Å². The summed E-state index contributed by atoms with van der Waals surface area (Å²) in [5, 5.41) is 22.2. The van der Waals surface area contributed by atoms with Crippen molar-refractivity contribution in [1.82, 2.24) is 9.97 Å². The van der Waals surface area contributed by atoms with Gasteiger partial charge in [-0.3, -0.25) is 4.99 Å². The monoisotopic (exact) mass is 629 g/mol. The fourth-order valence-electron chi connectivity index (χ4n) is 5.92. The number of allylic oxidation sites excluding steroid dienone is 2. The van der Waals surface area contributed by atoms with Crippen LogP contribution in [0.25, 0.3) is 44.1 Å². The maximum absolute atomic E-state index is 8.63. The lowest BCUT2D eigenvalue weighted by molar-refractivity contribution is 0.475. The molecule has 1 aliphatic rings. The lowest BCUT2D eigenvalue weighted by Crippen LogP contribution is -2.03. The normalized spacial score (nSPS) is 12.3. The van der Waals surface area contributed by atoms with Crippen molar-refractivity contribution in [3.63, 3.8) is 0 Å². The highest BCUT2D eigenvalue weighted by Gasteiger charge is 2.23. The van der Waals surface area contributed by atoms with Crippen LogP contribution in [0.4, 0.5) is 0 Å². The number of aromatic amines is 1. The predicted octanol–water partition coefficient (Wildman–Crippen LogP) is 10.9. The van der Waals surface area contributed by atoms with Crippen molar-refractivity contribution < 1.29 is 10.2 Å². The number of para-hydroxylation sites is 2. The molecule has 2 heterocycles. The molecule has 0 unspecified atom stereocenters. The van der Waals surface area contributed by atoms with E-state index in [0.717, 1.165) is 40.6 Å². The summed E-state index contributed by atoms with van der Waals surface area (Å²) in [6.07, 6.45) is 0.885. The number of imidazole rings is 1. The van der Waals surface area contributed by atoms with E-state index in [-0.39, 0.29) is 0 Å². The van der Waals surface area contributed by atoms with E-state index in [2.05, 4.69) is 105 Å². The zero-order valence-electron chi connectivity index (χ0n) is 27.7. The van der Waals surface area contributed by atoms with Gasteiger partial charge in [0.25, 0.3) is 0 Å². The van der Waals surface area contributed by atoms with E-state index in [1.807, 2.05) is 12.1 Å². The van der Waals surface area contributed by atoms with Gasteiger partial charge in [0.2, 0.25) is 0 Å². The first-order valence-electron chi connectivity index (χ1n) is 16.1. The van der Waals surface area contributed by atoms with Crippen LogP contribution in [-0.2, 0) is 0 Å². The Hall–Kier alpha value is -5.94. The first-order chi connectivity index (χ1) is 23.3. The molecule has 0 spiro atoms. The first-order valence-corrected chi connectivity index (χ1v) is 16.1. The SMILES string of the molecule is CC1=C(C)N=C(c2ccc3ccccc3c2-c2c(-c3nc(C)c(C)[nH]3)ccc3ccccc23)C1.Oc1ccccc1.Oc1ccccc1. The van der Waals surface area contributed by atoms with E-state index in [1.165, 1.54) is 43.8 Å². The van der Waals surface area contributed by atoms with Gasteiger partial charge in [-0.1, -0.05) is 103 Å². The fourth-order valence-corrected chi connectivity index (χ4v) is 5.92. The number of aromatic nitrogens is 2. The summed E-state index contributed by atoms with van der Waals surface area (Å²) in [5.74, 6) is 1.55. The molecule has 8 rings (SSSR count). The average molecular weight is 630 g/mol. The molecule has 1 aliphatic heterocycles. The summed E-state index contributed by atoms with van der Waals surface area (Å²) in [5.41, 5.74) is 10.5. The van der Waals surface area contributed by atoms with E-state index in [9.17, 15) is 0 Å². The van der Waals surface area contributed by atoms with Gasteiger partial charge < -0.3 is 15.2 Å². The molecule has 0 radical (unpaired) electrons. The van der Waals surface area contributed by atoms with Crippen molar-refractivity contribution in [2.24, 2.45) is 4.99 Å². The number of phenols is 2. The van der Waals surface area contributed by atoms with E-state index in [1.54, 1.807) is 48.5 Å². The molecule has 238 valence electrons. The lowest BCUT2D eigenvalue weighted by Gasteiger charge is -2.19. The van der Waals surface area contributed by atoms with Crippen molar-refractivity contribution in [3.05, 3.63) is 162 Å². The highest BCUT2D eigenvalue weighted by molar-refractivity contribution is 6.19. The third kappa shape index (κ3) is 6.91. The van der Waals surface area contributed by atoms with Crippen LogP contribution in [0, 0.1) is 13.8 Å². The van der Waals surface area contributed by atoms with Gasteiger partial charge in [0.05, 0.1) is 11.4 Å². The molecular formula is C43H39N3O2. The molecule has 0 amide bonds. The summed E-state index contributed by atoms with van der Waals surface area (Å²) >= 11 is 0. The highest BCUT2D eigenvalue weighted by Crippen LogP contribution is 2.43. The van der Waals surface area contributed by atoms with E-state index in [4.69, 9.17) is 20.2 Å². The van der Waals surface area contributed by atoms with Crippen molar-refractivity contribution in [2.75, 3.05) is 0 Å². The Bertz CT molecular complexity index is 2210. The van der Waals surface area contributed by atoms with E-state index < -0.39 is 0 Å². The molecule has 0 saturated carbocycles. The second-order valence-corrected chi connectivity index (χ2v) is 12.0. The number of aryl methyl sites for hydroxylation is 2. The van der Waals surface area contributed by atoms with Crippen molar-refractivity contribution in [2.45, 2.75) is 34.1 Å². The summed E-state index contributed by atoms with van der Waals surface area (Å²) < 4.78 is 0. The largest absolute Gasteiger partial charge is 0.508 e. The lowest BCUT2D eigenvalue weighted by atomic mass is 9.85. The van der Waals surface area contributed by atoms with Crippen molar-refractivity contribution in [3.8, 4) is 34.0 Å². The number of hydrogen-bond acceptors (Lipinski definition) is 4. The van der Waals surface area contributed by atoms with E-state index >= 15 is 0 Å². The maximum atomic E-state index is 8.63. The van der Waals surface area contributed by atoms with Crippen LogP contribution in [-0.4, -0.2) is 25.9 Å². The third-order valence-corrected chi connectivity index (χ3v) is 8.67. The fraction of sp³-hybridized carbons (Fsp3) is 0.116. The highest BCUT2D eigenvalue weighted by atomic mass is 16.3. The molecule has 7 aromatic rings. The molecule has 48 heavy (non-hydrogen) atoms. The van der Waals surface area contributed by atoms with Gasteiger partial charge in [0.15, 0.2) is 0 Å². The average Bonchev–Trinajstić information content (AvgIpc) is 3.63. The Morgan fingerprint density at radius 2 is 1.02 bits per heavy atom. The van der Waals surface area contributed by atoms with Gasteiger partial charge in [0, 0.05) is 34.5 Å². The van der Waals surface area contributed by atoms with Crippen LogP contribution in [0.15, 0.2) is 150 Å².